The molecule has 0 unspecified atom stereocenters. The smallest absolute Gasteiger partial charge is 0.413 e. The van der Waals surface area contributed by atoms with E-state index in [1.165, 1.54) is 0 Å². The molecule has 0 aliphatic rings. The van der Waals surface area contributed by atoms with Crippen molar-refractivity contribution in [1.82, 2.24) is 5.32 Å². The van der Waals surface area contributed by atoms with E-state index in [0.717, 1.165) is 5.56 Å². The van der Waals surface area contributed by atoms with Gasteiger partial charge in [-0.05, 0) is 5.56 Å². The Morgan fingerprint density at radius 1 is 1.44 bits per heavy atom. The van der Waals surface area contributed by atoms with Crippen LogP contribution >= 0.6 is 0 Å². The number of alkyl carbamates (subject to hydrolysis) is 1. The van der Waals surface area contributed by atoms with Gasteiger partial charge in [-0.1, -0.05) is 30.3 Å². The van der Waals surface area contributed by atoms with Gasteiger partial charge >= 0.3 is 11.8 Å². The Labute approximate surface area is 95.0 Å². The van der Waals surface area contributed by atoms with Crippen molar-refractivity contribution >= 4 is 6.09 Å². The summed E-state index contributed by atoms with van der Waals surface area (Å²) in [5.74, 6) is 0. The highest BCUT2D eigenvalue weighted by Crippen LogP contribution is 2.05. The highest BCUT2D eigenvalue weighted by atomic mass is 16.5. The van der Waals surface area contributed by atoms with E-state index < -0.39 is 11.8 Å². The van der Waals surface area contributed by atoms with Crippen molar-refractivity contribution in [2.75, 3.05) is 0 Å². The predicted molar refractivity (Wildman–Crippen MR) is 60.4 cm³/mol. The number of nitrogens with one attached hydrogen (secondary N) is 1. The van der Waals surface area contributed by atoms with Crippen molar-refractivity contribution in [3.63, 3.8) is 0 Å². The van der Waals surface area contributed by atoms with Crippen molar-refractivity contribution in [2.24, 2.45) is 0 Å². The number of carbonyl (C=O) groups excluding carboxylic acids is 1. The van der Waals surface area contributed by atoms with Crippen LogP contribution in [0.15, 0.2) is 30.3 Å². The number of nitrogens with zero attached hydrogens (tertiary/aromatic N) is 1. The summed E-state index contributed by atoms with van der Waals surface area (Å²) in [5, 5.41) is 2.46. The molecule has 0 aliphatic heterocycles. The molecular weight excluding hydrogens is 204 g/mol. The van der Waals surface area contributed by atoms with Crippen LogP contribution in [0, 0.1) is 6.57 Å². The van der Waals surface area contributed by atoms with Crippen LogP contribution in [0.3, 0.4) is 0 Å². The molecule has 0 fully saturated rings. The van der Waals surface area contributed by atoms with E-state index in [2.05, 4.69) is 10.2 Å². The van der Waals surface area contributed by atoms with Crippen LogP contribution in [0.1, 0.15) is 19.4 Å². The summed E-state index contributed by atoms with van der Waals surface area (Å²) >= 11 is 0. The first kappa shape index (κ1) is 12.1. The third-order valence-electron chi connectivity index (χ3n) is 1.90. The zero-order valence-corrected chi connectivity index (χ0v) is 9.36. The first-order valence-corrected chi connectivity index (χ1v) is 4.91. The second kappa shape index (κ2) is 5.17. The molecule has 0 heterocycles. The summed E-state index contributed by atoms with van der Waals surface area (Å²) in [6, 6.07) is 9.38. The number of carbonyl (C=O) groups is 1. The van der Waals surface area contributed by atoms with Gasteiger partial charge in [0.1, 0.15) is 6.61 Å². The van der Waals surface area contributed by atoms with E-state index in [4.69, 9.17) is 11.3 Å². The van der Waals surface area contributed by atoms with E-state index >= 15 is 0 Å². The van der Waals surface area contributed by atoms with Crippen molar-refractivity contribution in [3.05, 3.63) is 47.3 Å². The Kier molecular flexibility index (Phi) is 3.90. The SMILES string of the molecule is [C-]#[N+]C(C)(C)NC(=O)OCc1ccccc1. The Balaban J connectivity index is 2.40. The summed E-state index contributed by atoms with van der Waals surface area (Å²) in [6.07, 6.45) is -0.579. The first-order valence-electron chi connectivity index (χ1n) is 4.91. The Morgan fingerprint density at radius 2 is 2.06 bits per heavy atom. The summed E-state index contributed by atoms with van der Waals surface area (Å²) in [5.41, 5.74) is -0.00778. The lowest BCUT2D eigenvalue weighted by Gasteiger charge is -2.13. The molecule has 0 spiro atoms. The van der Waals surface area contributed by atoms with Crippen LogP contribution in [0.4, 0.5) is 4.79 Å². The van der Waals surface area contributed by atoms with E-state index in [9.17, 15) is 4.79 Å². The van der Waals surface area contributed by atoms with Crippen molar-refractivity contribution in [2.45, 2.75) is 26.1 Å². The zero-order chi connectivity index (χ0) is 12.0. The Morgan fingerprint density at radius 3 is 2.62 bits per heavy atom. The minimum atomic E-state index is -0.923. The number of hydrogen-bond acceptors (Lipinski definition) is 2. The van der Waals surface area contributed by atoms with Gasteiger partial charge in [0.2, 0.25) is 0 Å². The fraction of sp³-hybridized carbons (Fsp3) is 0.333. The zero-order valence-electron chi connectivity index (χ0n) is 9.36. The van der Waals surface area contributed by atoms with Crippen LogP contribution < -0.4 is 5.32 Å². The number of ether oxygens (including phenoxy) is 1. The molecule has 4 heteroatoms. The summed E-state index contributed by atoms with van der Waals surface area (Å²) in [4.78, 5) is 14.6. The number of hydrogen-bond donors (Lipinski definition) is 1. The molecule has 1 N–H and O–H groups in total. The van der Waals surface area contributed by atoms with Gasteiger partial charge in [-0.2, -0.15) is 0 Å². The van der Waals surface area contributed by atoms with Gasteiger partial charge in [0.25, 0.3) is 0 Å². The van der Waals surface area contributed by atoms with Crippen LogP contribution in [-0.4, -0.2) is 11.8 Å². The standard InChI is InChI=1S/C12H14N2O2/c1-12(2,13-3)14-11(15)16-9-10-7-5-4-6-8-10/h4-8H,9H2,1-2H3,(H,14,15). The van der Waals surface area contributed by atoms with E-state index in [1.54, 1.807) is 13.8 Å². The monoisotopic (exact) mass is 218 g/mol. The van der Waals surface area contributed by atoms with Crippen LogP contribution in [0.2, 0.25) is 0 Å². The van der Waals surface area contributed by atoms with E-state index in [-0.39, 0.29) is 6.61 Å². The number of benzene rings is 1. The van der Waals surface area contributed by atoms with Gasteiger partial charge in [0.15, 0.2) is 0 Å². The first-order chi connectivity index (χ1) is 7.53. The minimum Gasteiger partial charge on any atom is -0.445 e. The summed E-state index contributed by atoms with van der Waals surface area (Å²) in [7, 11) is 0. The average molecular weight is 218 g/mol. The van der Waals surface area contributed by atoms with E-state index in [1.807, 2.05) is 30.3 Å². The second-order valence-electron chi connectivity index (χ2n) is 3.86. The van der Waals surface area contributed by atoms with Crippen molar-refractivity contribution in [1.29, 1.82) is 0 Å². The molecule has 0 bridgehead atoms. The topological polar surface area (TPSA) is 42.7 Å². The molecule has 0 atom stereocenters. The lowest BCUT2D eigenvalue weighted by atomic mass is 10.2. The maximum Gasteiger partial charge on any atom is 0.413 e. The third kappa shape index (κ3) is 4.01. The lowest BCUT2D eigenvalue weighted by Crippen LogP contribution is -2.40. The second-order valence-corrected chi connectivity index (χ2v) is 3.86. The molecule has 0 radical (unpaired) electrons. The predicted octanol–water partition coefficient (Wildman–Crippen LogP) is 2.57. The van der Waals surface area contributed by atoms with E-state index in [0.29, 0.717) is 0 Å². The molecule has 84 valence electrons. The average Bonchev–Trinajstić information content (AvgIpc) is 2.27. The normalized spacial score (nSPS) is 10.3. The molecule has 1 rings (SSSR count). The molecule has 16 heavy (non-hydrogen) atoms. The molecular formula is C12H14N2O2. The lowest BCUT2D eigenvalue weighted by molar-refractivity contribution is 0.133. The van der Waals surface area contributed by atoms with Crippen molar-refractivity contribution < 1.29 is 9.53 Å². The highest BCUT2D eigenvalue weighted by molar-refractivity contribution is 5.68. The molecule has 1 amide bonds. The molecule has 1 aromatic rings. The number of amides is 1. The summed E-state index contributed by atoms with van der Waals surface area (Å²) < 4.78 is 4.97. The molecule has 0 aromatic heterocycles. The highest BCUT2D eigenvalue weighted by Gasteiger charge is 2.25. The van der Waals surface area contributed by atoms with Crippen LogP contribution in [-0.2, 0) is 11.3 Å². The quantitative estimate of drug-likeness (QED) is 0.792. The molecule has 0 saturated carbocycles. The maximum absolute atomic E-state index is 11.3. The van der Waals surface area contributed by atoms with Gasteiger partial charge in [0.05, 0.1) is 0 Å². The Hall–Kier alpha value is -2.02. The Bertz CT molecular complexity index is 393. The van der Waals surface area contributed by atoms with Gasteiger partial charge in [0, 0.05) is 13.8 Å². The van der Waals surface area contributed by atoms with Crippen LogP contribution in [0.5, 0.6) is 0 Å². The van der Waals surface area contributed by atoms with Crippen LogP contribution in [0.25, 0.3) is 4.85 Å². The molecule has 0 aliphatic carbocycles. The molecule has 1 aromatic carbocycles. The fourth-order valence-electron chi connectivity index (χ4n) is 1.04. The van der Waals surface area contributed by atoms with Gasteiger partial charge in [-0.15, -0.1) is 0 Å². The molecule has 4 nitrogen and oxygen atoms in total. The van der Waals surface area contributed by atoms with Gasteiger partial charge in [-0.25, -0.2) is 16.7 Å². The minimum absolute atomic E-state index is 0.209. The number of rotatable bonds is 3. The summed E-state index contributed by atoms with van der Waals surface area (Å²) in [6.45, 7) is 10.3. The maximum atomic E-state index is 11.3. The van der Waals surface area contributed by atoms with Gasteiger partial charge in [-0.3, -0.25) is 4.85 Å². The van der Waals surface area contributed by atoms with Crippen molar-refractivity contribution in [3.8, 4) is 0 Å². The van der Waals surface area contributed by atoms with Gasteiger partial charge < -0.3 is 4.74 Å². The fourth-order valence-corrected chi connectivity index (χ4v) is 1.04. The largest absolute Gasteiger partial charge is 0.445 e. The molecule has 0 saturated heterocycles. The third-order valence-corrected chi connectivity index (χ3v) is 1.90.